The molecule has 0 spiro atoms. The third-order valence-corrected chi connectivity index (χ3v) is 4.45. The third-order valence-electron chi connectivity index (χ3n) is 4.45. The summed E-state index contributed by atoms with van der Waals surface area (Å²) in [5.74, 6) is -1.57. The molecule has 5 nitrogen and oxygen atoms in total. The molecule has 0 bridgehead atoms. The Balaban J connectivity index is 1.88. The van der Waals surface area contributed by atoms with E-state index < -0.39 is 17.7 Å². The van der Waals surface area contributed by atoms with Gasteiger partial charge in [-0.2, -0.15) is 0 Å². The highest BCUT2D eigenvalue weighted by Crippen LogP contribution is 2.30. The number of Topliss-reactive ketones (excluding diaryl/α,β-unsaturated/α-hetero) is 1. The maximum atomic E-state index is 12.6. The molecular formula is C19H18N2O3. The summed E-state index contributed by atoms with van der Waals surface area (Å²) in [6.07, 6.45) is 0. The molecule has 3 rings (SSSR count). The molecule has 0 fully saturated rings. The zero-order valence-electron chi connectivity index (χ0n) is 13.8. The number of carbonyl (C=O) groups is 3. The summed E-state index contributed by atoms with van der Waals surface area (Å²) < 4.78 is 0. The maximum Gasteiger partial charge on any atom is 0.300 e. The normalized spacial score (nSPS) is 14.5. The van der Waals surface area contributed by atoms with Gasteiger partial charge >= 0.3 is 0 Å². The Morgan fingerprint density at radius 3 is 2.50 bits per heavy atom. The molecule has 1 unspecified atom stereocenters. The molecular weight excluding hydrogens is 304 g/mol. The van der Waals surface area contributed by atoms with Crippen molar-refractivity contribution >= 4 is 29.0 Å². The van der Waals surface area contributed by atoms with Gasteiger partial charge in [-0.3, -0.25) is 19.3 Å². The fraction of sp³-hybridized carbons (Fsp3) is 0.211. The number of para-hydroxylation sites is 1. The van der Waals surface area contributed by atoms with E-state index in [9.17, 15) is 14.4 Å². The van der Waals surface area contributed by atoms with E-state index in [0.717, 1.165) is 11.1 Å². The van der Waals surface area contributed by atoms with Crippen LogP contribution in [0.15, 0.2) is 42.5 Å². The molecule has 5 heteroatoms. The fourth-order valence-corrected chi connectivity index (χ4v) is 2.84. The second-order valence-electron chi connectivity index (χ2n) is 5.93. The molecule has 0 saturated carbocycles. The van der Waals surface area contributed by atoms with Gasteiger partial charge in [-0.1, -0.05) is 24.3 Å². The Morgan fingerprint density at radius 2 is 1.75 bits per heavy atom. The SMILES string of the molecule is Cc1cccc(NC(=O)C(C)N2C(=O)C(=O)c3ccccc32)c1C. The van der Waals surface area contributed by atoms with Crippen molar-refractivity contribution in [3.8, 4) is 0 Å². The minimum Gasteiger partial charge on any atom is -0.324 e. The van der Waals surface area contributed by atoms with Gasteiger partial charge in [-0.15, -0.1) is 0 Å². The van der Waals surface area contributed by atoms with Crippen LogP contribution in [0.5, 0.6) is 0 Å². The number of fused-ring (bicyclic) bond motifs is 1. The first kappa shape index (κ1) is 15.9. The third kappa shape index (κ3) is 2.48. The molecule has 1 aliphatic rings. The van der Waals surface area contributed by atoms with Crippen molar-refractivity contribution in [2.75, 3.05) is 10.2 Å². The van der Waals surface area contributed by atoms with Crippen molar-refractivity contribution in [2.45, 2.75) is 26.8 Å². The topological polar surface area (TPSA) is 66.5 Å². The van der Waals surface area contributed by atoms with Crippen LogP contribution >= 0.6 is 0 Å². The molecule has 0 radical (unpaired) electrons. The number of hydrogen-bond acceptors (Lipinski definition) is 3. The number of rotatable bonds is 3. The Bertz CT molecular complexity index is 857. The zero-order valence-corrected chi connectivity index (χ0v) is 13.8. The van der Waals surface area contributed by atoms with E-state index in [1.807, 2.05) is 32.0 Å². The lowest BCUT2D eigenvalue weighted by molar-refractivity contribution is -0.120. The number of hydrogen-bond donors (Lipinski definition) is 1. The molecule has 1 atom stereocenters. The number of nitrogens with zero attached hydrogens (tertiary/aromatic N) is 1. The maximum absolute atomic E-state index is 12.6. The molecule has 2 aromatic carbocycles. The standard InChI is InChI=1S/C19H18N2O3/c1-11-7-6-9-15(12(11)2)20-18(23)13(3)21-16-10-5-4-8-14(16)17(22)19(21)24/h4-10,13H,1-3H3,(H,20,23). The lowest BCUT2D eigenvalue weighted by Gasteiger charge is -2.24. The second kappa shape index (κ2) is 5.92. The second-order valence-corrected chi connectivity index (χ2v) is 5.93. The smallest absolute Gasteiger partial charge is 0.300 e. The Kier molecular flexibility index (Phi) is 3.93. The van der Waals surface area contributed by atoms with Gasteiger partial charge in [0.25, 0.3) is 11.7 Å². The Labute approximate surface area is 140 Å². The van der Waals surface area contributed by atoms with Crippen molar-refractivity contribution in [1.82, 2.24) is 0 Å². The fourth-order valence-electron chi connectivity index (χ4n) is 2.84. The van der Waals surface area contributed by atoms with E-state index in [1.165, 1.54) is 4.90 Å². The van der Waals surface area contributed by atoms with Gasteiger partial charge in [0.05, 0.1) is 11.3 Å². The van der Waals surface area contributed by atoms with Crippen LogP contribution in [0, 0.1) is 13.8 Å². The molecule has 0 aliphatic carbocycles. The van der Waals surface area contributed by atoms with Crippen LogP contribution in [0.2, 0.25) is 0 Å². The van der Waals surface area contributed by atoms with Crippen molar-refractivity contribution in [2.24, 2.45) is 0 Å². The molecule has 0 saturated heterocycles. The van der Waals surface area contributed by atoms with Crippen LogP contribution in [0.25, 0.3) is 0 Å². The molecule has 1 aliphatic heterocycles. The quantitative estimate of drug-likeness (QED) is 0.884. The molecule has 122 valence electrons. The summed E-state index contributed by atoms with van der Waals surface area (Å²) in [4.78, 5) is 38.2. The van der Waals surface area contributed by atoms with Crippen molar-refractivity contribution in [1.29, 1.82) is 0 Å². The van der Waals surface area contributed by atoms with E-state index in [-0.39, 0.29) is 5.91 Å². The van der Waals surface area contributed by atoms with Crippen LogP contribution in [-0.4, -0.2) is 23.6 Å². The average Bonchev–Trinajstić information content (AvgIpc) is 2.83. The minimum atomic E-state index is -0.787. The predicted molar refractivity (Wildman–Crippen MR) is 92.3 cm³/mol. The number of aryl methyl sites for hydroxylation is 1. The number of ketones is 1. The van der Waals surface area contributed by atoms with Crippen LogP contribution < -0.4 is 10.2 Å². The van der Waals surface area contributed by atoms with Gasteiger partial charge < -0.3 is 5.32 Å². The van der Waals surface area contributed by atoms with Crippen LogP contribution in [-0.2, 0) is 9.59 Å². The van der Waals surface area contributed by atoms with Gasteiger partial charge in [0.2, 0.25) is 5.91 Å². The summed E-state index contributed by atoms with van der Waals surface area (Å²) >= 11 is 0. The van der Waals surface area contributed by atoms with E-state index in [2.05, 4.69) is 5.32 Å². The molecule has 2 aromatic rings. The molecule has 2 amide bonds. The summed E-state index contributed by atoms with van der Waals surface area (Å²) in [6, 6.07) is 11.6. The van der Waals surface area contributed by atoms with E-state index in [0.29, 0.717) is 16.9 Å². The van der Waals surface area contributed by atoms with Gasteiger partial charge in [0, 0.05) is 5.69 Å². The Hall–Kier alpha value is -2.95. The van der Waals surface area contributed by atoms with Crippen molar-refractivity contribution < 1.29 is 14.4 Å². The van der Waals surface area contributed by atoms with Crippen molar-refractivity contribution in [3.05, 3.63) is 59.2 Å². The van der Waals surface area contributed by atoms with Gasteiger partial charge in [0.15, 0.2) is 0 Å². The average molecular weight is 322 g/mol. The molecule has 24 heavy (non-hydrogen) atoms. The number of anilines is 2. The first-order valence-corrected chi connectivity index (χ1v) is 7.76. The highest BCUT2D eigenvalue weighted by molar-refractivity contribution is 6.52. The minimum absolute atomic E-state index is 0.332. The highest BCUT2D eigenvalue weighted by atomic mass is 16.2. The highest BCUT2D eigenvalue weighted by Gasteiger charge is 2.40. The monoisotopic (exact) mass is 322 g/mol. The summed E-state index contributed by atoms with van der Waals surface area (Å²) in [5.41, 5.74) is 3.57. The van der Waals surface area contributed by atoms with Gasteiger partial charge in [-0.05, 0) is 50.1 Å². The lowest BCUT2D eigenvalue weighted by Crippen LogP contribution is -2.45. The summed E-state index contributed by atoms with van der Waals surface area (Å²) in [7, 11) is 0. The largest absolute Gasteiger partial charge is 0.324 e. The van der Waals surface area contributed by atoms with Gasteiger partial charge in [-0.25, -0.2) is 0 Å². The van der Waals surface area contributed by atoms with Crippen LogP contribution in [0.3, 0.4) is 0 Å². The predicted octanol–water partition coefficient (Wildman–Crippen LogP) is 2.86. The number of nitrogens with one attached hydrogen (secondary N) is 1. The summed E-state index contributed by atoms with van der Waals surface area (Å²) in [6.45, 7) is 5.51. The molecule has 1 heterocycles. The van der Waals surface area contributed by atoms with Crippen LogP contribution in [0.4, 0.5) is 11.4 Å². The lowest BCUT2D eigenvalue weighted by atomic mass is 10.1. The first-order valence-electron chi connectivity index (χ1n) is 7.76. The molecule has 0 aromatic heterocycles. The van der Waals surface area contributed by atoms with Crippen molar-refractivity contribution in [3.63, 3.8) is 0 Å². The number of carbonyl (C=O) groups excluding carboxylic acids is 3. The van der Waals surface area contributed by atoms with Gasteiger partial charge in [0.1, 0.15) is 6.04 Å². The van der Waals surface area contributed by atoms with E-state index in [1.54, 1.807) is 31.2 Å². The summed E-state index contributed by atoms with van der Waals surface area (Å²) in [5, 5.41) is 2.85. The number of benzene rings is 2. The number of amides is 2. The van der Waals surface area contributed by atoms with E-state index >= 15 is 0 Å². The Morgan fingerprint density at radius 1 is 1.04 bits per heavy atom. The first-order chi connectivity index (χ1) is 11.4. The zero-order chi connectivity index (χ0) is 17.4. The van der Waals surface area contributed by atoms with E-state index in [4.69, 9.17) is 0 Å². The van der Waals surface area contributed by atoms with Crippen LogP contribution in [0.1, 0.15) is 28.4 Å². The molecule has 1 N–H and O–H groups in total.